The zero-order valence-electron chi connectivity index (χ0n) is 7.22. The summed E-state index contributed by atoms with van der Waals surface area (Å²) in [7, 11) is 0. The Morgan fingerprint density at radius 3 is 2.77 bits per heavy atom. The highest BCUT2D eigenvalue weighted by atomic mass is 79.9. The lowest BCUT2D eigenvalue weighted by Crippen LogP contribution is -2.32. The molecule has 0 fully saturated rings. The van der Waals surface area contributed by atoms with Crippen LogP contribution in [-0.2, 0) is 5.60 Å². The van der Waals surface area contributed by atoms with E-state index < -0.39 is 11.4 Å². The molecule has 72 valence electrons. The van der Waals surface area contributed by atoms with Crippen LogP contribution in [0.25, 0.3) is 0 Å². The van der Waals surface area contributed by atoms with Crippen LogP contribution in [0.3, 0.4) is 0 Å². The second-order valence-corrected chi connectivity index (χ2v) is 4.02. The average molecular weight is 248 g/mol. The Morgan fingerprint density at radius 2 is 2.23 bits per heavy atom. The van der Waals surface area contributed by atoms with Crippen molar-refractivity contribution in [3.8, 4) is 0 Å². The third-order valence-electron chi connectivity index (χ3n) is 1.91. The van der Waals surface area contributed by atoms with Gasteiger partial charge in [-0.1, -0.05) is 15.9 Å². The lowest BCUT2D eigenvalue weighted by Gasteiger charge is -2.22. The molecule has 2 nitrogen and oxygen atoms in total. The molecule has 1 rings (SSSR count). The van der Waals surface area contributed by atoms with Gasteiger partial charge in [0.1, 0.15) is 11.4 Å². The fourth-order valence-electron chi connectivity index (χ4n) is 1.02. The molecule has 1 atom stereocenters. The van der Waals surface area contributed by atoms with E-state index in [-0.39, 0.29) is 12.1 Å². The van der Waals surface area contributed by atoms with E-state index in [1.807, 2.05) is 0 Å². The van der Waals surface area contributed by atoms with Crippen LogP contribution in [0.4, 0.5) is 4.39 Å². The van der Waals surface area contributed by atoms with Gasteiger partial charge in [0.25, 0.3) is 0 Å². The van der Waals surface area contributed by atoms with Gasteiger partial charge in [0.15, 0.2) is 0 Å². The number of benzene rings is 1. The molecule has 0 bridgehead atoms. The molecule has 4 heteroatoms. The average Bonchev–Trinajstić information content (AvgIpc) is 2.09. The largest absolute Gasteiger partial charge is 0.384 e. The number of hydrogen-bond donors (Lipinski definition) is 2. The lowest BCUT2D eigenvalue weighted by molar-refractivity contribution is 0.0629. The molecule has 0 heterocycles. The maximum atomic E-state index is 13.2. The minimum Gasteiger partial charge on any atom is -0.384 e. The van der Waals surface area contributed by atoms with Gasteiger partial charge >= 0.3 is 0 Å². The van der Waals surface area contributed by atoms with Gasteiger partial charge in [-0.2, -0.15) is 0 Å². The first kappa shape index (κ1) is 10.6. The molecule has 0 radical (unpaired) electrons. The van der Waals surface area contributed by atoms with Gasteiger partial charge in [-0.15, -0.1) is 0 Å². The molecular weight excluding hydrogens is 237 g/mol. The van der Waals surface area contributed by atoms with E-state index in [1.165, 1.54) is 19.1 Å². The summed E-state index contributed by atoms with van der Waals surface area (Å²) in [5.41, 5.74) is 4.23. The van der Waals surface area contributed by atoms with E-state index in [1.54, 1.807) is 6.07 Å². The van der Waals surface area contributed by atoms with Crippen LogP contribution in [0.2, 0.25) is 0 Å². The Labute approximate surface area is 84.7 Å². The van der Waals surface area contributed by atoms with Crippen molar-refractivity contribution in [1.29, 1.82) is 0 Å². The molecule has 0 aliphatic heterocycles. The summed E-state index contributed by atoms with van der Waals surface area (Å²) in [6.07, 6.45) is 0. The summed E-state index contributed by atoms with van der Waals surface area (Å²) in [6, 6.07) is 4.40. The normalized spacial score (nSPS) is 15.5. The number of nitrogens with two attached hydrogens (primary N) is 1. The van der Waals surface area contributed by atoms with Crippen LogP contribution in [-0.4, -0.2) is 11.7 Å². The van der Waals surface area contributed by atoms with Crippen LogP contribution in [0.5, 0.6) is 0 Å². The van der Waals surface area contributed by atoms with E-state index in [4.69, 9.17) is 5.73 Å². The van der Waals surface area contributed by atoms with Crippen molar-refractivity contribution in [2.24, 2.45) is 5.73 Å². The molecule has 1 aromatic rings. The smallest absolute Gasteiger partial charge is 0.129 e. The van der Waals surface area contributed by atoms with Crippen molar-refractivity contribution >= 4 is 15.9 Å². The first-order chi connectivity index (χ1) is 5.97. The third kappa shape index (κ3) is 2.27. The molecule has 0 amide bonds. The van der Waals surface area contributed by atoms with E-state index in [0.717, 1.165) is 4.47 Å². The molecule has 13 heavy (non-hydrogen) atoms. The van der Waals surface area contributed by atoms with Crippen LogP contribution >= 0.6 is 15.9 Å². The van der Waals surface area contributed by atoms with Crippen LogP contribution in [0.15, 0.2) is 22.7 Å². The van der Waals surface area contributed by atoms with Crippen molar-refractivity contribution in [3.05, 3.63) is 34.1 Å². The third-order valence-corrected chi connectivity index (χ3v) is 2.40. The Bertz CT molecular complexity index is 314. The Balaban J connectivity index is 3.20. The van der Waals surface area contributed by atoms with Crippen molar-refractivity contribution in [2.75, 3.05) is 6.54 Å². The van der Waals surface area contributed by atoms with Crippen LogP contribution in [0, 0.1) is 5.82 Å². The van der Waals surface area contributed by atoms with Gasteiger partial charge in [-0.05, 0) is 25.1 Å². The Kier molecular flexibility index (Phi) is 3.05. The van der Waals surface area contributed by atoms with Crippen LogP contribution in [0.1, 0.15) is 12.5 Å². The molecule has 0 saturated carbocycles. The van der Waals surface area contributed by atoms with Crippen molar-refractivity contribution in [1.82, 2.24) is 0 Å². The van der Waals surface area contributed by atoms with E-state index in [2.05, 4.69) is 15.9 Å². The minimum absolute atomic E-state index is 0.0135. The maximum Gasteiger partial charge on any atom is 0.129 e. The van der Waals surface area contributed by atoms with E-state index >= 15 is 0 Å². The quantitative estimate of drug-likeness (QED) is 0.837. The highest BCUT2D eigenvalue weighted by Gasteiger charge is 2.24. The summed E-state index contributed by atoms with van der Waals surface area (Å²) in [5.74, 6) is -0.446. The Hall–Kier alpha value is -0.450. The molecule has 3 N–H and O–H groups in total. The highest BCUT2D eigenvalue weighted by molar-refractivity contribution is 9.10. The molecule has 0 aliphatic rings. The monoisotopic (exact) mass is 247 g/mol. The fraction of sp³-hybridized carbons (Fsp3) is 0.333. The lowest BCUT2D eigenvalue weighted by atomic mass is 9.96. The molecule has 0 saturated heterocycles. The SMILES string of the molecule is CC(O)(CN)c1cc(Br)ccc1F. The standard InChI is InChI=1S/C9H11BrFNO/c1-9(13,5-12)7-4-6(10)2-3-8(7)11/h2-4,13H,5,12H2,1H3. The topological polar surface area (TPSA) is 46.2 Å². The molecule has 0 aromatic heterocycles. The van der Waals surface area contributed by atoms with Gasteiger partial charge in [0.05, 0.1) is 0 Å². The number of rotatable bonds is 2. The van der Waals surface area contributed by atoms with E-state index in [0.29, 0.717) is 0 Å². The van der Waals surface area contributed by atoms with Crippen molar-refractivity contribution in [2.45, 2.75) is 12.5 Å². The summed E-state index contributed by atoms with van der Waals surface area (Å²) in [5, 5.41) is 9.71. The van der Waals surface area contributed by atoms with Crippen LogP contribution < -0.4 is 5.73 Å². The Morgan fingerprint density at radius 1 is 1.62 bits per heavy atom. The van der Waals surface area contributed by atoms with Gasteiger partial charge in [0, 0.05) is 16.6 Å². The summed E-state index contributed by atoms with van der Waals surface area (Å²) < 4.78 is 13.9. The van der Waals surface area contributed by atoms with E-state index in [9.17, 15) is 9.50 Å². The first-order valence-corrected chi connectivity index (χ1v) is 4.64. The summed E-state index contributed by atoms with van der Waals surface area (Å²) >= 11 is 3.20. The minimum atomic E-state index is -1.31. The first-order valence-electron chi connectivity index (χ1n) is 3.85. The highest BCUT2D eigenvalue weighted by Crippen LogP contribution is 2.25. The molecular formula is C9H11BrFNO. The second-order valence-electron chi connectivity index (χ2n) is 3.10. The summed E-state index contributed by atoms with van der Waals surface area (Å²) in [6.45, 7) is 1.47. The van der Waals surface area contributed by atoms with Gasteiger partial charge in [-0.25, -0.2) is 4.39 Å². The molecule has 0 spiro atoms. The molecule has 1 unspecified atom stereocenters. The fourth-order valence-corrected chi connectivity index (χ4v) is 1.38. The molecule has 0 aliphatic carbocycles. The van der Waals surface area contributed by atoms with Crippen molar-refractivity contribution in [3.63, 3.8) is 0 Å². The van der Waals surface area contributed by atoms with Gasteiger partial charge < -0.3 is 10.8 Å². The van der Waals surface area contributed by atoms with Gasteiger partial charge in [-0.3, -0.25) is 0 Å². The number of aliphatic hydroxyl groups is 1. The zero-order chi connectivity index (χ0) is 10.1. The number of halogens is 2. The maximum absolute atomic E-state index is 13.2. The zero-order valence-corrected chi connectivity index (χ0v) is 8.81. The molecule has 1 aromatic carbocycles. The van der Waals surface area contributed by atoms with Gasteiger partial charge in [0.2, 0.25) is 0 Å². The second kappa shape index (κ2) is 3.74. The van der Waals surface area contributed by atoms with Crippen molar-refractivity contribution < 1.29 is 9.50 Å². The predicted molar refractivity (Wildman–Crippen MR) is 52.7 cm³/mol. The predicted octanol–water partition coefficient (Wildman–Crippen LogP) is 1.75. The number of hydrogen-bond acceptors (Lipinski definition) is 2. The summed E-state index contributed by atoms with van der Waals surface area (Å²) in [4.78, 5) is 0.